The van der Waals surface area contributed by atoms with E-state index in [0.29, 0.717) is 11.6 Å². The molecule has 0 bridgehead atoms. The summed E-state index contributed by atoms with van der Waals surface area (Å²) in [7, 11) is 0. The first-order valence-corrected chi connectivity index (χ1v) is 5.92. The summed E-state index contributed by atoms with van der Waals surface area (Å²) in [6.07, 6.45) is 4.44. The summed E-state index contributed by atoms with van der Waals surface area (Å²) in [6, 6.07) is 4.52. The number of nitrogens with zero attached hydrogens (tertiary/aromatic N) is 3. The van der Waals surface area contributed by atoms with Crippen molar-refractivity contribution in [2.45, 2.75) is 19.9 Å². The number of aromatic nitrogens is 2. The number of benzene rings is 1. The summed E-state index contributed by atoms with van der Waals surface area (Å²) in [6.45, 7) is 2.59. The zero-order valence-corrected chi connectivity index (χ0v) is 10.6. The summed E-state index contributed by atoms with van der Waals surface area (Å²) in [5, 5.41) is 11.0. The minimum atomic E-state index is -0.454. The maximum Gasteiger partial charge on any atom is 0.270 e. The monoisotopic (exact) mass is 265 g/mol. The summed E-state index contributed by atoms with van der Waals surface area (Å²) in [4.78, 5) is 14.4. The molecule has 1 aromatic heterocycles. The van der Waals surface area contributed by atoms with Crippen LogP contribution in [0.3, 0.4) is 0 Å². The van der Waals surface area contributed by atoms with Gasteiger partial charge in [0, 0.05) is 30.9 Å². The summed E-state index contributed by atoms with van der Waals surface area (Å²) >= 11 is 6.05. The molecule has 5 nitrogen and oxygen atoms in total. The maximum absolute atomic E-state index is 10.6. The van der Waals surface area contributed by atoms with E-state index in [2.05, 4.69) is 4.98 Å². The Morgan fingerprint density at radius 3 is 2.89 bits per heavy atom. The number of nitro benzene ring substituents is 1. The standard InChI is InChI=1S/C12H12ClN3O2/c1-2-12-14-5-6-15(12)8-9-3-4-10(16(17)18)7-11(9)13/h3-7H,2,8H2,1H3. The molecule has 94 valence electrons. The average Bonchev–Trinajstić information content (AvgIpc) is 2.78. The highest BCUT2D eigenvalue weighted by atomic mass is 35.5. The van der Waals surface area contributed by atoms with E-state index in [4.69, 9.17) is 11.6 Å². The van der Waals surface area contributed by atoms with Gasteiger partial charge in [0.2, 0.25) is 0 Å². The van der Waals surface area contributed by atoms with Crippen LogP contribution in [0.2, 0.25) is 5.02 Å². The fourth-order valence-corrected chi connectivity index (χ4v) is 1.99. The molecule has 0 N–H and O–H groups in total. The Labute approximate surface area is 109 Å². The second-order valence-corrected chi connectivity index (χ2v) is 4.26. The normalized spacial score (nSPS) is 10.6. The number of non-ortho nitro benzene ring substituents is 1. The van der Waals surface area contributed by atoms with Crippen LogP contribution in [0.4, 0.5) is 5.69 Å². The van der Waals surface area contributed by atoms with Crippen molar-refractivity contribution >= 4 is 17.3 Å². The van der Waals surface area contributed by atoms with Gasteiger partial charge < -0.3 is 4.57 Å². The van der Waals surface area contributed by atoms with Crippen LogP contribution in [0.5, 0.6) is 0 Å². The van der Waals surface area contributed by atoms with Crippen LogP contribution in [-0.4, -0.2) is 14.5 Å². The minimum absolute atomic E-state index is 0.00472. The van der Waals surface area contributed by atoms with Crippen molar-refractivity contribution in [2.75, 3.05) is 0 Å². The van der Waals surface area contributed by atoms with E-state index >= 15 is 0 Å². The van der Waals surface area contributed by atoms with Gasteiger partial charge in [-0.05, 0) is 11.6 Å². The van der Waals surface area contributed by atoms with Gasteiger partial charge in [0.25, 0.3) is 5.69 Å². The summed E-state index contributed by atoms with van der Waals surface area (Å²) in [5.74, 6) is 0.962. The maximum atomic E-state index is 10.6. The van der Waals surface area contributed by atoms with Crippen LogP contribution < -0.4 is 0 Å². The lowest BCUT2D eigenvalue weighted by atomic mass is 10.2. The first kappa shape index (κ1) is 12.6. The van der Waals surface area contributed by atoms with Crippen molar-refractivity contribution < 1.29 is 4.92 Å². The molecule has 1 heterocycles. The van der Waals surface area contributed by atoms with Gasteiger partial charge >= 0.3 is 0 Å². The first-order chi connectivity index (χ1) is 8.61. The van der Waals surface area contributed by atoms with Gasteiger partial charge in [0.1, 0.15) is 5.82 Å². The van der Waals surface area contributed by atoms with E-state index < -0.39 is 4.92 Å². The fraction of sp³-hybridized carbons (Fsp3) is 0.250. The molecule has 0 unspecified atom stereocenters. The highest BCUT2D eigenvalue weighted by Gasteiger charge is 2.10. The largest absolute Gasteiger partial charge is 0.330 e. The molecular formula is C12H12ClN3O2. The topological polar surface area (TPSA) is 61.0 Å². The molecule has 0 fully saturated rings. The third-order valence-corrected chi connectivity index (χ3v) is 3.06. The van der Waals surface area contributed by atoms with E-state index in [1.54, 1.807) is 12.3 Å². The van der Waals surface area contributed by atoms with Crippen LogP contribution in [0.25, 0.3) is 0 Å². The quantitative estimate of drug-likeness (QED) is 0.630. The lowest BCUT2D eigenvalue weighted by molar-refractivity contribution is -0.384. The fourth-order valence-electron chi connectivity index (χ4n) is 1.76. The van der Waals surface area contributed by atoms with E-state index in [-0.39, 0.29) is 5.69 Å². The van der Waals surface area contributed by atoms with Gasteiger partial charge in [0.15, 0.2) is 0 Å². The Morgan fingerprint density at radius 1 is 1.50 bits per heavy atom. The molecular weight excluding hydrogens is 254 g/mol. The Morgan fingerprint density at radius 2 is 2.28 bits per heavy atom. The number of aryl methyl sites for hydroxylation is 1. The number of nitro groups is 1. The number of imidazole rings is 1. The van der Waals surface area contributed by atoms with Crippen molar-refractivity contribution in [3.05, 3.63) is 57.1 Å². The van der Waals surface area contributed by atoms with Gasteiger partial charge in [-0.1, -0.05) is 18.5 Å². The smallest absolute Gasteiger partial charge is 0.270 e. The highest BCUT2D eigenvalue weighted by Crippen LogP contribution is 2.23. The molecule has 0 aliphatic rings. The van der Waals surface area contributed by atoms with Crippen molar-refractivity contribution in [3.8, 4) is 0 Å². The van der Waals surface area contributed by atoms with Crippen molar-refractivity contribution in [1.82, 2.24) is 9.55 Å². The molecule has 1 aromatic carbocycles. The highest BCUT2D eigenvalue weighted by molar-refractivity contribution is 6.31. The van der Waals surface area contributed by atoms with E-state index in [1.165, 1.54) is 12.1 Å². The number of hydrogen-bond donors (Lipinski definition) is 0. The predicted octanol–water partition coefficient (Wildman–Crippen LogP) is 3.06. The van der Waals surface area contributed by atoms with Crippen LogP contribution in [-0.2, 0) is 13.0 Å². The van der Waals surface area contributed by atoms with Gasteiger partial charge in [-0.25, -0.2) is 4.98 Å². The second-order valence-electron chi connectivity index (χ2n) is 3.86. The SMILES string of the molecule is CCc1nccn1Cc1ccc([N+](=O)[O-])cc1Cl. The third kappa shape index (κ3) is 2.51. The van der Waals surface area contributed by atoms with Crippen LogP contribution in [0.15, 0.2) is 30.6 Å². The lowest BCUT2D eigenvalue weighted by Gasteiger charge is -2.08. The van der Waals surface area contributed by atoms with E-state index in [9.17, 15) is 10.1 Å². The molecule has 0 saturated carbocycles. The van der Waals surface area contributed by atoms with Gasteiger partial charge in [0.05, 0.1) is 16.5 Å². The predicted molar refractivity (Wildman–Crippen MR) is 68.8 cm³/mol. The van der Waals surface area contributed by atoms with Crippen LogP contribution in [0, 0.1) is 10.1 Å². The second kappa shape index (κ2) is 5.18. The van der Waals surface area contributed by atoms with Crippen LogP contribution >= 0.6 is 11.6 Å². The minimum Gasteiger partial charge on any atom is -0.330 e. The third-order valence-electron chi connectivity index (χ3n) is 2.71. The molecule has 18 heavy (non-hydrogen) atoms. The summed E-state index contributed by atoms with van der Waals surface area (Å²) in [5.41, 5.74) is 0.847. The summed E-state index contributed by atoms with van der Waals surface area (Å²) < 4.78 is 1.98. The Kier molecular flexibility index (Phi) is 3.62. The molecule has 2 rings (SSSR count). The van der Waals surface area contributed by atoms with Gasteiger partial charge in [-0.3, -0.25) is 10.1 Å². The molecule has 0 radical (unpaired) electrons. The van der Waals surface area contributed by atoms with Crippen molar-refractivity contribution in [1.29, 1.82) is 0 Å². The zero-order chi connectivity index (χ0) is 13.1. The lowest BCUT2D eigenvalue weighted by Crippen LogP contribution is -2.04. The Bertz CT molecular complexity index is 580. The Hall–Kier alpha value is -1.88. The molecule has 0 aliphatic carbocycles. The van der Waals surface area contributed by atoms with Crippen molar-refractivity contribution in [3.63, 3.8) is 0 Å². The first-order valence-electron chi connectivity index (χ1n) is 5.54. The molecule has 2 aromatic rings. The average molecular weight is 266 g/mol. The number of rotatable bonds is 4. The number of hydrogen-bond acceptors (Lipinski definition) is 3. The molecule has 0 atom stereocenters. The van der Waals surface area contributed by atoms with Crippen molar-refractivity contribution in [2.24, 2.45) is 0 Å². The molecule has 0 saturated heterocycles. The van der Waals surface area contributed by atoms with Gasteiger partial charge in [-0.2, -0.15) is 0 Å². The number of halogens is 1. The van der Waals surface area contributed by atoms with Gasteiger partial charge in [-0.15, -0.1) is 0 Å². The molecule has 6 heteroatoms. The molecule has 0 amide bonds. The van der Waals surface area contributed by atoms with E-state index in [1.807, 2.05) is 17.7 Å². The molecule has 0 spiro atoms. The van der Waals surface area contributed by atoms with Crippen LogP contribution in [0.1, 0.15) is 18.3 Å². The van der Waals surface area contributed by atoms with E-state index in [0.717, 1.165) is 17.8 Å². The Balaban J connectivity index is 2.27. The molecule has 0 aliphatic heterocycles. The zero-order valence-electron chi connectivity index (χ0n) is 9.84.